The molecule has 0 saturated carbocycles. The molecule has 8 nitrogen and oxygen atoms in total. The van der Waals surface area contributed by atoms with Crippen LogP contribution in [0.1, 0.15) is 59.1 Å². The fraction of sp³-hybridized carbons (Fsp3) is 0.471. The molecule has 3 rings (SSSR count). The Morgan fingerprint density at radius 3 is 2.84 bits per heavy atom. The van der Waals surface area contributed by atoms with Gasteiger partial charge in [0, 0.05) is 31.8 Å². The van der Waals surface area contributed by atoms with E-state index in [4.69, 9.17) is 4.42 Å². The van der Waals surface area contributed by atoms with Crippen molar-refractivity contribution in [1.29, 1.82) is 0 Å². The summed E-state index contributed by atoms with van der Waals surface area (Å²) in [6, 6.07) is -0.0712. The Kier molecular flexibility index (Phi) is 4.78. The number of carbonyl (C=O) groups excluding carboxylic acids is 2. The van der Waals surface area contributed by atoms with Crippen LogP contribution in [0.5, 0.6) is 0 Å². The Labute approximate surface area is 145 Å². The van der Waals surface area contributed by atoms with Crippen LogP contribution in [-0.2, 0) is 11.3 Å². The molecular formula is C17H21N5O3. The third-order valence-electron chi connectivity index (χ3n) is 4.38. The van der Waals surface area contributed by atoms with Gasteiger partial charge in [-0.3, -0.25) is 9.59 Å². The lowest BCUT2D eigenvalue weighted by atomic mass is 10.1. The second-order valence-electron chi connectivity index (χ2n) is 6.15. The monoisotopic (exact) mass is 343 g/mol. The van der Waals surface area contributed by atoms with E-state index in [0.29, 0.717) is 11.5 Å². The van der Waals surface area contributed by atoms with Gasteiger partial charge in [-0.05, 0) is 26.7 Å². The van der Waals surface area contributed by atoms with Crippen LogP contribution in [0.4, 0.5) is 0 Å². The van der Waals surface area contributed by atoms with Crippen LogP contribution in [0.2, 0.25) is 0 Å². The number of aryl methyl sites for hydroxylation is 2. The third-order valence-corrected chi connectivity index (χ3v) is 4.38. The molecule has 1 aliphatic rings. The number of aromatic nitrogens is 3. The topological polar surface area (TPSA) is 101 Å². The van der Waals surface area contributed by atoms with Crippen LogP contribution < -0.4 is 5.32 Å². The molecule has 2 amide bonds. The van der Waals surface area contributed by atoms with Gasteiger partial charge in [0.1, 0.15) is 5.82 Å². The minimum Gasteiger partial charge on any atom is -0.438 e. The molecule has 0 radical (unpaired) electrons. The predicted octanol–water partition coefficient (Wildman–Crippen LogP) is 1.69. The fourth-order valence-electron chi connectivity index (χ4n) is 3.14. The minimum atomic E-state index is -0.337. The summed E-state index contributed by atoms with van der Waals surface area (Å²) in [6.45, 7) is 6.09. The maximum absolute atomic E-state index is 12.2. The van der Waals surface area contributed by atoms with Gasteiger partial charge in [-0.2, -0.15) is 0 Å². The molecule has 0 aliphatic carbocycles. The van der Waals surface area contributed by atoms with E-state index in [2.05, 4.69) is 20.3 Å². The molecule has 3 heterocycles. The van der Waals surface area contributed by atoms with Gasteiger partial charge in [-0.25, -0.2) is 15.0 Å². The Balaban J connectivity index is 1.81. The molecule has 25 heavy (non-hydrogen) atoms. The lowest BCUT2D eigenvalue weighted by Crippen LogP contribution is -2.31. The number of carbonyl (C=O) groups is 2. The first kappa shape index (κ1) is 17.1. The van der Waals surface area contributed by atoms with Gasteiger partial charge < -0.3 is 14.6 Å². The zero-order chi connectivity index (χ0) is 18.0. The smallest absolute Gasteiger partial charge is 0.289 e. The standard InChI is InChI=1S/C17H21N5O3/c1-10-16(25-9-20-10)17(24)19-8-13-7-18-11(2)21-15(13)14-5-4-6-22(14)12(3)23/h7,9,14H,4-6,8H2,1-3H3,(H,19,24)/t14-/m0/s1. The Morgan fingerprint density at radius 1 is 1.36 bits per heavy atom. The summed E-state index contributed by atoms with van der Waals surface area (Å²) < 4.78 is 5.10. The number of likely N-dealkylation sites (tertiary alicyclic amines) is 1. The van der Waals surface area contributed by atoms with Gasteiger partial charge in [0.15, 0.2) is 6.39 Å². The zero-order valence-corrected chi connectivity index (χ0v) is 14.6. The van der Waals surface area contributed by atoms with Crippen molar-refractivity contribution >= 4 is 11.8 Å². The Hall–Kier alpha value is -2.77. The van der Waals surface area contributed by atoms with Crippen LogP contribution in [0.25, 0.3) is 0 Å². The molecule has 132 valence electrons. The molecule has 1 atom stereocenters. The largest absolute Gasteiger partial charge is 0.438 e. The van der Waals surface area contributed by atoms with Crippen molar-refractivity contribution in [2.45, 2.75) is 46.2 Å². The normalized spacial score (nSPS) is 16.9. The molecule has 1 saturated heterocycles. The van der Waals surface area contributed by atoms with E-state index in [1.807, 2.05) is 11.8 Å². The molecule has 1 aliphatic heterocycles. The fourth-order valence-corrected chi connectivity index (χ4v) is 3.14. The van der Waals surface area contributed by atoms with Crippen LogP contribution in [0.15, 0.2) is 17.0 Å². The first-order valence-electron chi connectivity index (χ1n) is 8.25. The van der Waals surface area contributed by atoms with Crippen LogP contribution in [-0.4, -0.2) is 38.2 Å². The van der Waals surface area contributed by atoms with Crippen molar-refractivity contribution in [2.24, 2.45) is 0 Å². The zero-order valence-electron chi connectivity index (χ0n) is 14.6. The second-order valence-corrected chi connectivity index (χ2v) is 6.15. The van der Waals surface area contributed by atoms with Crippen molar-refractivity contribution < 1.29 is 14.0 Å². The van der Waals surface area contributed by atoms with E-state index in [9.17, 15) is 9.59 Å². The predicted molar refractivity (Wildman–Crippen MR) is 88.5 cm³/mol. The van der Waals surface area contributed by atoms with Gasteiger partial charge in [0.2, 0.25) is 11.7 Å². The molecule has 2 aromatic heterocycles. The van der Waals surface area contributed by atoms with E-state index in [1.165, 1.54) is 6.39 Å². The Morgan fingerprint density at radius 2 is 2.16 bits per heavy atom. The van der Waals surface area contributed by atoms with Crippen LogP contribution >= 0.6 is 0 Å². The number of amides is 2. The number of hydrogen-bond donors (Lipinski definition) is 1. The average molecular weight is 343 g/mol. The van der Waals surface area contributed by atoms with Gasteiger partial charge in [-0.15, -0.1) is 0 Å². The summed E-state index contributed by atoms with van der Waals surface area (Å²) in [7, 11) is 0. The van der Waals surface area contributed by atoms with Crippen molar-refractivity contribution in [2.75, 3.05) is 6.54 Å². The third kappa shape index (κ3) is 3.52. The van der Waals surface area contributed by atoms with E-state index in [1.54, 1.807) is 20.0 Å². The highest BCUT2D eigenvalue weighted by atomic mass is 16.3. The highest BCUT2D eigenvalue weighted by molar-refractivity contribution is 5.92. The number of oxazole rings is 1. The average Bonchev–Trinajstić information content (AvgIpc) is 3.22. The summed E-state index contributed by atoms with van der Waals surface area (Å²) in [4.78, 5) is 38.6. The van der Waals surface area contributed by atoms with Crippen molar-refractivity contribution in [3.05, 3.63) is 41.1 Å². The maximum atomic E-state index is 12.2. The summed E-state index contributed by atoms with van der Waals surface area (Å²) in [5, 5.41) is 2.81. The second kappa shape index (κ2) is 7.00. The molecule has 0 spiro atoms. The number of nitrogens with one attached hydrogen (secondary N) is 1. The van der Waals surface area contributed by atoms with E-state index < -0.39 is 0 Å². The molecule has 2 aromatic rings. The molecule has 0 bridgehead atoms. The van der Waals surface area contributed by atoms with Gasteiger partial charge >= 0.3 is 0 Å². The summed E-state index contributed by atoms with van der Waals surface area (Å²) in [5.74, 6) is 0.537. The van der Waals surface area contributed by atoms with Crippen LogP contribution in [0, 0.1) is 13.8 Å². The Bertz CT molecular complexity index is 801. The van der Waals surface area contributed by atoms with Gasteiger partial charge in [-0.1, -0.05) is 0 Å². The van der Waals surface area contributed by atoms with Gasteiger partial charge in [0.05, 0.1) is 17.4 Å². The number of nitrogens with zero attached hydrogens (tertiary/aromatic N) is 4. The lowest BCUT2D eigenvalue weighted by Gasteiger charge is -2.24. The van der Waals surface area contributed by atoms with Crippen molar-refractivity contribution in [1.82, 2.24) is 25.2 Å². The summed E-state index contributed by atoms with van der Waals surface area (Å²) in [6.07, 6.45) is 4.75. The lowest BCUT2D eigenvalue weighted by molar-refractivity contribution is -0.129. The summed E-state index contributed by atoms with van der Waals surface area (Å²) >= 11 is 0. The molecule has 1 fully saturated rings. The van der Waals surface area contributed by atoms with Gasteiger partial charge in [0.25, 0.3) is 5.91 Å². The maximum Gasteiger partial charge on any atom is 0.289 e. The van der Waals surface area contributed by atoms with Crippen LogP contribution in [0.3, 0.4) is 0 Å². The highest BCUT2D eigenvalue weighted by Gasteiger charge is 2.31. The SMILES string of the molecule is CC(=O)N1CCC[C@H]1c1nc(C)ncc1CNC(=O)c1ocnc1C. The highest BCUT2D eigenvalue weighted by Crippen LogP contribution is 2.32. The van der Waals surface area contributed by atoms with Crippen molar-refractivity contribution in [3.63, 3.8) is 0 Å². The molecule has 1 N–H and O–H groups in total. The molecule has 0 aromatic carbocycles. The van der Waals surface area contributed by atoms with E-state index in [-0.39, 0.29) is 30.2 Å². The van der Waals surface area contributed by atoms with Crippen molar-refractivity contribution in [3.8, 4) is 0 Å². The van der Waals surface area contributed by atoms with E-state index in [0.717, 1.165) is 30.6 Å². The molecular weight excluding hydrogens is 322 g/mol. The first-order chi connectivity index (χ1) is 12.0. The quantitative estimate of drug-likeness (QED) is 0.906. The summed E-state index contributed by atoms with van der Waals surface area (Å²) in [5.41, 5.74) is 2.14. The number of rotatable bonds is 4. The number of hydrogen-bond acceptors (Lipinski definition) is 6. The first-order valence-corrected chi connectivity index (χ1v) is 8.25. The minimum absolute atomic E-state index is 0.0334. The molecule has 0 unspecified atom stereocenters. The van der Waals surface area contributed by atoms with E-state index >= 15 is 0 Å². The molecule has 8 heteroatoms.